The molecule has 0 radical (unpaired) electrons. The minimum absolute atomic E-state index is 0.615. The van der Waals surface area contributed by atoms with Gasteiger partial charge in [0, 0.05) is 30.4 Å². The fourth-order valence-corrected chi connectivity index (χ4v) is 1.46. The van der Waals surface area contributed by atoms with Crippen LogP contribution in [0.4, 0.5) is 5.69 Å². The summed E-state index contributed by atoms with van der Waals surface area (Å²) in [5.41, 5.74) is 1.73. The Balaban J connectivity index is 2.53. The number of ether oxygens (including phenoxy) is 1. The highest BCUT2D eigenvalue weighted by molar-refractivity contribution is 5.88. The van der Waals surface area contributed by atoms with E-state index in [0.29, 0.717) is 18.1 Å². The first-order valence-electron chi connectivity index (χ1n) is 4.91. The number of fused-ring (bicyclic) bond motifs is 1. The third-order valence-corrected chi connectivity index (χ3v) is 2.14. The molecule has 0 bridgehead atoms. The quantitative estimate of drug-likeness (QED) is 0.829. The van der Waals surface area contributed by atoms with Gasteiger partial charge in [-0.15, -0.1) is 0 Å². The minimum atomic E-state index is 0.615. The zero-order valence-corrected chi connectivity index (χ0v) is 8.82. The van der Waals surface area contributed by atoms with Gasteiger partial charge >= 0.3 is 0 Å². The average Bonchev–Trinajstić information content (AvgIpc) is 2.28. The molecule has 4 nitrogen and oxygen atoms in total. The molecule has 0 spiro atoms. The predicted octanol–water partition coefficient (Wildman–Crippen LogP) is 2.07. The summed E-state index contributed by atoms with van der Waals surface area (Å²) in [6.45, 7) is 2.55. The molecule has 2 aromatic heterocycles. The van der Waals surface area contributed by atoms with E-state index in [1.165, 1.54) is 0 Å². The average molecular weight is 203 g/mol. The van der Waals surface area contributed by atoms with Gasteiger partial charge in [-0.25, -0.2) is 4.98 Å². The van der Waals surface area contributed by atoms with E-state index in [0.717, 1.165) is 11.1 Å². The summed E-state index contributed by atoms with van der Waals surface area (Å²) in [5, 5.41) is 4.10. The van der Waals surface area contributed by atoms with Crippen molar-refractivity contribution >= 4 is 16.7 Å². The van der Waals surface area contributed by atoms with Gasteiger partial charge in [0.15, 0.2) is 5.65 Å². The first-order valence-corrected chi connectivity index (χ1v) is 4.91. The SMILES string of the molecule is CCOc1ccc2c(NC)ccnc2n1. The number of rotatable bonds is 3. The molecular formula is C11H13N3O. The van der Waals surface area contributed by atoms with Gasteiger partial charge in [-0.2, -0.15) is 4.98 Å². The Labute approximate surface area is 88.3 Å². The number of anilines is 1. The summed E-state index contributed by atoms with van der Waals surface area (Å²) in [7, 11) is 1.88. The van der Waals surface area contributed by atoms with Crippen molar-refractivity contribution in [1.29, 1.82) is 0 Å². The maximum Gasteiger partial charge on any atom is 0.215 e. The Bertz CT molecular complexity index is 470. The van der Waals surface area contributed by atoms with Gasteiger partial charge in [-0.3, -0.25) is 0 Å². The number of hydrogen-bond donors (Lipinski definition) is 1. The zero-order valence-electron chi connectivity index (χ0n) is 8.82. The number of nitrogens with zero attached hydrogens (tertiary/aromatic N) is 2. The molecule has 1 N–H and O–H groups in total. The van der Waals surface area contributed by atoms with Gasteiger partial charge in [-0.05, 0) is 19.1 Å². The van der Waals surface area contributed by atoms with Crippen molar-refractivity contribution in [3.05, 3.63) is 24.4 Å². The molecule has 0 aliphatic rings. The van der Waals surface area contributed by atoms with E-state index in [1.807, 2.05) is 32.2 Å². The van der Waals surface area contributed by atoms with E-state index >= 15 is 0 Å². The first kappa shape index (κ1) is 9.71. The van der Waals surface area contributed by atoms with E-state index in [4.69, 9.17) is 4.74 Å². The van der Waals surface area contributed by atoms with Crippen LogP contribution >= 0.6 is 0 Å². The van der Waals surface area contributed by atoms with Crippen LogP contribution in [0.15, 0.2) is 24.4 Å². The molecular weight excluding hydrogens is 190 g/mol. The number of nitrogens with one attached hydrogen (secondary N) is 1. The number of pyridine rings is 2. The number of hydrogen-bond acceptors (Lipinski definition) is 4. The molecule has 78 valence electrons. The van der Waals surface area contributed by atoms with Crippen LogP contribution in [0.3, 0.4) is 0 Å². The van der Waals surface area contributed by atoms with Gasteiger partial charge in [0.1, 0.15) is 0 Å². The lowest BCUT2D eigenvalue weighted by Gasteiger charge is -2.06. The second kappa shape index (κ2) is 4.13. The molecule has 0 unspecified atom stereocenters. The fourth-order valence-electron chi connectivity index (χ4n) is 1.46. The number of aromatic nitrogens is 2. The Kier molecular flexibility index (Phi) is 2.67. The Morgan fingerprint density at radius 1 is 1.33 bits per heavy atom. The second-order valence-electron chi connectivity index (χ2n) is 3.06. The van der Waals surface area contributed by atoms with Crippen molar-refractivity contribution in [3.8, 4) is 5.88 Å². The summed E-state index contributed by atoms with van der Waals surface area (Å²) in [5.74, 6) is 0.616. The highest BCUT2D eigenvalue weighted by atomic mass is 16.5. The standard InChI is InChI=1S/C11H13N3O/c1-3-15-10-5-4-8-9(12-2)6-7-13-11(8)14-10/h4-7H,3H2,1-2H3,(H,12,13,14). The lowest BCUT2D eigenvalue weighted by molar-refractivity contribution is 0.328. The van der Waals surface area contributed by atoms with Crippen molar-refractivity contribution in [2.24, 2.45) is 0 Å². The molecule has 0 fully saturated rings. The van der Waals surface area contributed by atoms with E-state index < -0.39 is 0 Å². The van der Waals surface area contributed by atoms with Crippen LogP contribution in [0, 0.1) is 0 Å². The van der Waals surface area contributed by atoms with Crippen LogP contribution in [-0.2, 0) is 0 Å². The molecule has 0 saturated heterocycles. The molecule has 0 saturated carbocycles. The van der Waals surface area contributed by atoms with Crippen LogP contribution < -0.4 is 10.1 Å². The van der Waals surface area contributed by atoms with E-state index in [-0.39, 0.29) is 0 Å². The van der Waals surface area contributed by atoms with Crippen molar-refractivity contribution in [1.82, 2.24) is 9.97 Å². The van der Waals surface area contributed by atoms with E-state index in [2.05, 4.69) is 15.3 Å². The molecule has 15 heavy (non-hydrogen) atoms. The summed E-state index contributed by atoms with van der Waals surface area (Å²) in [6, 6.07) is 5.74. The Morgan fingerprint density at radius 2 is 2.20 bits per heavy atom. The van der Waals surface area contributed by atoms with Crippen LogP contribution in [-0.4, -0.2) is 23.6 Å². The molecule has 4 heteroatoms. The molecule has 0 aliphatic heterocycles. The molecule has 2 rings (SSSR count). The lowest BCUT2D eigenvalue weighted by Crippen LogP contribution is -1.97. The lowest BCUT2D eigenvalue weighted by atomic mass is 10.2. The van der Waals surface area contributed by atoms with Crippen molar-refractivity contribution in [2.45, 2.75) is 6.92 Å². The van der Waals surface area contributed by atoms with E-state index in [1.54, 1.807) is 6.20 Å². The van der Waals surface area contributed by atoms with Gasteiger partial charge in [0.05, 0.1) is 6.61 Å². The molecule has 0 atom stereocenters. The Hall–Kier alpha value is -1.84. The van der Waals surface area contributed by atoms with E-state index in [9.17, 15) is 0 Å². The Morgan fingerprint density at radius 3 is 2.93 bits per heavy atom. The predicted molar refractivity (Wildman–Crippen MR) is 60.3 cm³/mol. The normalized spacial score (nSPS) is 10.3. The third-order valence-electron chi connectivity index (χ3n) is 2.14. The maximum absolute atomic E-state index is 5.32. The summed E-state index contributed by atoms with van der Waals surface area (Å²) < 4.78 is 5.32. The topological polar surface area (TPSA) is 47.0 Å². The highest BCUT2D eigenvalue weighted by Crippen LogP contribution is 2.21. The first-order chi connectivity index (χ1) is 7.35. The van der Waals surface area contributed by atoms with Crippen molar-refractivity contribution < 1.29 is 4.74 Å². The third kappa shape index (κ3) is 1.83. The summed E-state index contributed by atoms with van der Waals surface area (Å²) in [4.78, 5) is 8.50. The summed E-state index contributed by atoms with van der Waals surface area (Å²) in [6.07, 6.45) is 1.73. The van der Waals surface area contributed by atoms with Gasteiger partial charge < -0.3 is 10.1 Å². The fraction of sp³-hybridized carbons (Fsp3) is 0.273. The highest BCUT2D eigenvalue weighted by Gasteiger charge is 2.03. The van der Waals surface area contributed by atoms with Gasteiger partial charge in [-0.1, -0.05) is 0 Å². The van der Waals surface area contributed by atoms with Gasteiger partial charge in [0.25, 0.3) is 0 Å². The molecule has 2 aromatic rings. The molecule has 0 aliphatic carbocycles. The molecule has 0 aromatic carbocycles. The van der Waals surface area contributed by atoms with Crippen LogP contribution in [0.5, 0.6) is 5.88 Å². The second-order valence-corrected chi connectivity index (χ2v) is 3.06. The molecule has 2 heterocycles. The molecule has 0 amide bonds. The summed E-state index contributed by atoms with van der Waals surface area (Å²) >= 11 is 0. The zero-order chi connectivity index (χ0) is 10.7. The van der Waals surface area contributed by atoms with Crippen LogP contribution in [0.1, 0.15) is 6.92 Å². The van der Waals surface area contributed by atoms with Gasteiger partial charge in [0.2, 0.25) is 5.88 Å². The van der Waals surface area contributed by atoms with Crippen molar-refractivity contribution in [3.63, 3.8) is 0 Å². The van der Waals surface area contributed by atoms with Crippen LogP contribution in [0.2, 0.25) is 0 Å². The minimum Gasteiger partial charge on any atom is -0.478 e. The largest absolute Gasteiger partial charge is 0.478 e. The van der Waals surface area contributed by atoms with Crippen LogP contribution in [0.25, 0.3) is 11.0 Å². The van der Waals surface area contributed by atoms with Crippen molar-refractivity contribution in [2.75, 3.05) is 19.0 Å². The maximum atomic E-state index is 5.32. The monoisotopic (exact) mass is 203 g/mol. The smallest absolute Gasteiger partial charge is 0.215 e.